The van der Waals surface area contributed by atoms with E-state index >= 15 is 0 Å². The van der Waals surface area contributed by atoms with Gasteiger partial charge in [0.1, 0.15) is 0 Å². The molecule has 0 saturated carbocycles. The molecule has 0 aliphatic rings. The number of benzene rings is 2. The Morgan fingerprint density at radius 3 is 2.21 bits per heavy atom. The van der Waals surface area contributed by atoms with Crippen LogP contribution in [0.2, 0.25) is 0 Å². The topological polar surface area (TPSA) is 52.5 Å². The molecule has 0 aromatic heterocycles. The second kappa shape index (κ2) is 5.65. The van der Waals surface area contributed by atoms with E-state index in [4.69, 9.17) is 0 Å². The number of nitrogens with one attached hydrogen (secondary N) is 1. The first-order valence-electron chi connectivity index (χ1n) is 6.41. The molecule has 3 N–H and O–H groups in total. The summed E-state index contributed by atoms with van der Waals surface area (Å²) < 4.78 is 0. The number of phenolic OH excluding ortho intramolecular Hbond substituents is 2. The minimum atomic E-state index is -0.0926. The van der Waals surface area contributed by atoms with Crippen molar-refractivity contribution in [1.29, 1.82) is 0 Å². The SMILES string of the molecule is CC(C)c1ccc(NCc2ccc(O)c(O)c2)cc1. The lowest BCUT2D eigenvalue weighted by atomic mass is 10.0. The van der Waals surface area contributed by atoms with Gasteiger partial charge in [0, 0.05) is 12.2 Å². The predicted octanol–water partition coefficient (Wildman–Crippen LogP) is 3.83. The van der Waals surface area contributed by atoms with Crippen LogP contribution >= 0.6 is 0 Å². The first-order valence-corrected chi connectivity index (χ1v) is 6.41. The fraction of sp³-hybridized carbons (Fsp3) is 0.250. The largest absolute Gasteiger partial charge is 0.504 e. The Bertz CT molecular complexity index is 547. The van der Waals surface area contributed by atoms with Crippen molar-refractivity contribution in [1.82, 2.24) is 0 Å². The molecule has 0 bridgehead atoms. The van der Waals surface area contributed by atoms with Crippen LogP contribution in [0.5, 0.6) is 11.5 Å². The summed E-state index contributed by atoms with van der Waals surface area (Å²) in [6.07, 6.45) is 0. The lowest BCUT2D eigenvalue weighted by Crippen LogP contribution is -1.99. The molecule has 2 aromatic carbocycles. The smallest absolute Gasteiger partial charge is 0.157 e. The van der Waals surface area contributed by atoms with Crippen molar-refractivity contribution < 1.29 is 10.2 Å². The minimum Gasteiger partial charge on any atom is -0.504 e. The lowest BCUT2D eigenvalue weighted by Gasteiger charge is -2.10. The predicted molar refractivity (Wildman–Crippen MR) is 77.6 cm³/mol. The summed E-state index contributed by atoms with van der Waals surface area (Å²) in [5.41, 5.74) is 3.27. The maximum atomic E-state index is 9.42. The third-order valence-corrected chi connectivity index (χ3v) is 3.11. The van der Waals surface area contributed by atoms with Crippen LogP contribution in [-0.2, 0) is 6.54 Å². The van der Waals surface area contributed by atoms with Gasteiger partial charge in [-0.3, -0.25) is 0 Å². The normalized spacial score (nSPS) is 10.7. The fourth-order valence-electron chi connectivity index (χ4n) is 1.87. The number of aromatic hydroxyl groups is 2. The van der Waals surface area contributed by atoms with E-state index in [2.05, 4.69) is 43.4 Å². The van der Waals surface area contributed by atoms with Gasteiger partial charge in [-0.1, -0.05) is 32.0 Å². The Morgan fingerprint density at radius 1 is 0.947 bits per heavy atom. The zero-order valence-electron chi connectivity index (χ0n) is 11.2. The van der Waals surface area contributed by atoms with Crippen LogP contribution in [-0.4, -0.2) is 10.2 Å². The van der Waals surface area contributed by atoms with Gasteiger partial charge in [-0.25, -0.2) is 0 Å². The highest BCUT2D eigenvalue weighted by Gasteiger charge is 2.01. The van der Waals surface area contributed by atoms with E-state index in [1.165, 1.54) is 11.6 Å². The quantitative estimate of drug-likeness (QED) is 0.729. The van der Waals surface area contributed by atoms with Crippen molar-refractivity contribution in [3.8, 4) is 11.5 Å². The first kappa shape index (κ1) is 13.3. The Hall–Kier alpha value is -2.16. The van der Waals surface area contributed by atoms with Gasteiger partial charge in [-0.15, -0.1) is 0 Å². The van der Waals surface area contributed by atoms with Crippen molar-refractivity contribution in [3.63, 3.8) is 0 Å². The number of anilines is 1. The minimum absolute atomic E-state index is 0.0885. The molecule has 0 fully saturated rings. The van der Waals surface area contributed by atoms with Crippen molar-refractivity contribution in [2.45, 2.75) is 26.3 Å². The summed E-state index contributed by atoms with van der Waals surface area (Å²) in [5, 5.41) is 21.9. The second-order valence-electron chi connectivity index (χ2n) is 4.95. The molecule has 100 valence electrons. The Kier molecular flexibility index (Phi) is 3.95. The summed E-state index contributed by atoms with van der Waals surface area (Å²) in [4.78, 5) is 0. The van der Waals surface area contributed by atoms with Crippen LogP contribution in [0.3, 0.4) is 0 Å². The molecule has 3 heteroatoms. The third-order valence-electron chi connectivity index (χ3n) is 3.11. The van der Waals surface area contributed by atoms with Crippen LogP contribution in [0.15, 0.2) is 42.5 Å². The molecule has 0 aliphatic heterocycles. The molecule has 0 saturated heterocycles. The number of hydrogen-bond acceptors (Lipinski definition) is 3. The van der Waals surface area contributed by atoms with Gasteiger partial charge in [-0.2, -0.15) is 0 Å². The fourth-order valence-corrected chi connectivity index (χ4v) is 1.87. The number of rotatable bonds is 4. The average Bonchev–Trinajstić information content (AvgIpc) is 2.40. The first-order chi connectivity index (χ1) is 9.06. The van der Waals surface area contributed by atoms with Crippen LogP contribution < -0.4 is 5.32 Å². The van der Waals surface area contributed by atoms with Gasteiger partial charge in [0.05, 0.1) is 0 Å². The standard InChI is InChI=1S/C16H19NO2/c1-11(2)13-4-6-14(7-5-13)17-10-12-3-8-15(18)16(19)9-12/h3-9,11,17-19H,10H2,1-2H3. The average molecular weight is 257 g/mol. The maximum Gasteiger partial charge on any atom is 0.157 e. The molecule has 2 rings (SSSR count). The van der Waals surface area contributed by atoms with E-state index in [9.17, 15) is 10.2 Å². The summed E-state index contributed by atoms with van der Waals surface area (Å²) in [7, 11) is 0. The molecule has 2 aromatic rings. The van der Waals surface area contributed by atoms with Crippen LogP contribution in [0.4, 0.5) is 5.69 Å². The molecule has 0 heterocycles. The van der Waals surface area contributed by atoms with Crippen LogP contribution in [0, 0.1) is 0 Å². The van der Waals surface area contributed by atoms with Gasteiger partial charge < -0.3 is 15.5 Å². The van der Waals surface area contributed by atoms with E-state index in [0.29, 0.717) is 12.5 Å². The maximum absolute atomic E-state index is 9.42. The molecular formula is C16H19NO2. The lowest BCUT2D eigenvalue weighted by molar-refractivity contribution is 0.403. The van der Waals surface area contributed by atoms with Gasteiger partial charge in [-0.05, 0) is 41.3 Å². The van der Waals surface area contributed by atoms with E-state index < -0.39 is 0 Å². The molecule has 19 heavy (non-hydrogen) atoms. The second-order valence-corrected chi connectivity index (χ2v) is 4.95. The summed E-state index contributed by atoms with van der Waals surface area (Å²) >= 11 is 0. The summed E-state index contributed by atoms with van der Waals surface area (Å²) in [5.74, 6) is 0.350. The van der Waals surface area contributed by atoms with Gasteiger partial charge in [0.15, 0.2) is 11.5 Å². The number of phenols is 2. The Morgan fingerprint density at radius 2 is 1.63 bits per heavy atom. The molecule has 0 amide bonds. The number of hydrogen-bond donors (Lipinski definition) is 3. The molecule has 0 radical (unpaired) electrons. The van der Waals surface area contributed by atoms with Crippen LogP contribution in [0.1, 0.15) is 30.9 Å². The molecule has 0 unspecified atom stereocenters. The van der Waals surface area contributed by atoms with E-state index in [1.807, 2.05) is 0 Å². The van der Waals surface area contributed by atoms with Gasteiger partial charge in [0.25, 0.3) is 0 Å². The van der Waals surface area contributed by atoms with E-state index in [1.54, 1.807) is 12.1 Å². The molecule has 0 aliphatic carbocycles. The molecule has 0 spiro atoms. The molecule has 0 atom stereocenters. The van der Waals surface area contributed by atoms with Crippen LogP contribution in [0.25, 0.3) is 0 Å². The zero-order chi connectivity index (χ0) is 13.8. The van der Waals surface area contributed by atoms with Crippen molar-refractivity contribution in [2.24, 2.45) is 0 Å². The summed E-state index contributed by atoms with van der Waals surface area (Å²) in [6, 6.07) is 13.2. The Balaban J connectivity index is 2.00. The summed E-state index contributed by atoms with van der Waals surface area (Å²) in [6.45, 7) is 4.94. The highest BCUT2D eigenvalue weighted by molar-refractivity contribution is 5.47. The highest BCUT2D eigenvalue weighted by Crippen LogP contribution is 2.25. The highest BCUT2D eigenvalue weighted by atomic mass is 16.3. The van der Waals surface area contributed by atoms with Crippen molar-refractivity contribution in [3.05, 3.63) is 53.6 Å². The monoisotopic (exact) mass is 257 g/mol. The van der Waals surface area contributed by atoms with Gasteiger partial charge in [0.2, 0.25) is 0 Å². The van der Waals surface area contributed by atoms with E-state index in [0.717, 1.165) is 11.3 Å². The zero-order valence-corrected chi connectivity index (χ0v) is 11.2. The van der Waals surface area contributed by atoms with Crippen molar-refractivity contribution >= 4 is 5.69 Å². The van der Waals surface area contributed by atoms with Crippen molar-refractivity contribution in [2.75, 3.05) is 5.32 Å². The third kappa shape index (κ3) is 3.41. The molecular weight excluding hydrogens is 238 g/mol. The Labute approximate surface area is 113 Å². The van der Waals surface area contributed by atoms with E-state index in [-0.39, 0.29) is 11.5 Å². The molecule has 3 nitrogen and oxygen atoms in total. The van der Waals surface area contributed by atoms with Gasteiger partial charge >= 0.3 is 0 Å².